The van der Waals surface area contributed by atoms with Crippen LogP contribution in [-0.2, 0) is 13.8 Å². The quantitative estimate of drug-likeness (QED) is 0.621. The molecule has 0 unspecified atom stereocenters. The number of carbonyl (C=O) groups excluding carboxylic acids is 1. The summed E-state index contributed by atoms with van der Waals surface area (Å²) < 4.78 is 26.9. The average molecular weight is 269 g/mol. The second-order valence-corrected chi connectivity index (χ2v) is 6.14. The van der Waals surface area contributed by atoms with E-state index in [0.29, 0.717) is 6.42 Å². The Morgan fingerprint density at radius 3 is 2.80 bits per heavy atom. The molecule has 0 radical (unpaired) electrons. The molecule has 1 rings (SSSR count). The van der Waals surface area contributed by atoms with Crippen LogP contribution in [0.5, 0.6) is 0 Å². The molecule has 0 atom stereocenters. The predicted molar refractivity (Wildman–Crippen MR) is 57.9 cm³/mol. The van der Waals surface area contributed by atoms with Crippen LogP contribution >= 0.6 is 22.0 Å². The molecule has 0 saturated heterocycles. The van der Waals surface area contributed by atoms with Gasteiger partial charge in [0.2, 0.25) is 0 Å². The van der Waals surface area contributed by atoms with Crippen molar-refractivity contribution in [2.24, 2.45) is 0 Å². The molecule has 0 aromatic carbocycles. The lowest BCUT2D eigenvalue weighted by Crippen LogP contribution is -2.07. The molecular formula is C8H9ClO4S2. The lowest BCUT2D eigenvalue weighted by Gasteiger charge is -2.01. The van der Waals surface area contributed by atoms with Crippen molar-refractivity contribution in [3.8, 4) is 0 Å². The fourth-order valence-corrected chi connectivity index (χ4v) is 3.20. The van der Waals surface area contributed by atoms with Gasteiger partial charge in [-0.2, -0.15) is 0 Å². The minimum absolute atomic E-state index is 0.0263. The first-order valence-electron chi connectivity index (χ1n) is 4.16. The van der Waals surface area contributed by atoms with Gasteiger partial charge in [-0.3, -0.25) is 0 Å². The van der Waals surface area contributed by atoms with E-state index in [-0.39, 0.29) is 16.4 Å². The van der Waals surface area contributed by atoms with E-state index in [1.54, 1.807) is 0 Å². The normalized spacial score (nSPS) is 11.3. The third-order valence-electron chi connectivity index (χ3n) is 1.51. The minimum Gasteiger partial charge on any atom is -0.461 e. The highest BCUT2D eigenvalue weighted by atomic mass is 35.7. The Morgan fingerprint density at radius 1 is 1.60 bits per heavy atom. The van der Waals surface area contributed by atoms with Crippen LogP contribution < -0.4 is 0 Å². The number of halogens is 1. The Balaban J connectivity index is 2.96. The highest BCUT2D eigenvalue weighted by Crippen LogP contribution is 2.25. The zero-order chi connectivity index (χ0) is 11.5. The summed E-state index contributed by atoms with van der Waals surface area (Å²) in [4.78, 5) is 11.2. The Morgan fingerprint density at radius 2 is 2.27 bits per heavy atom. The molecule has 0 spiro atoms. The molecule has 0 bridgehead atoms. The fourth-order valence-electron chi connectivity index (χ4n) is 0.899. The van der Waals surface area contributed by atoms with Crippen molar-refractivity contribution in [3.63, 3.8) is 0 Å². The van der Waals surface area contributed by atoms with Gasteiger partial charge in [0.25, 0.3) is 9.05 Å². The van der Waals surface area contributed by atoms with Crippen LogP contribution in [0, 0.1) is 0 Å². The van der Waals surface area contributed by atoms with Gasteiger partial charge >= 0.3 is 5.97 Å². The van der Waals surface area contributed by atoms with E-state index in [9.17, 15) is 13.2 Å². The summed E-state index contributed by atoms with van der Waals surface area (Å²) in [7, 11) is 1.28. The number of thiophene rings is 1. The van der Waals surface area contributed by atoms with Crippen LogP contribution in [0.3, 0.4) is 0 Å². The smallest absolute Gasteiger partial charge is 0.349 e. The minimum atomic E-state index is -3.88. The monoisotopic (exact) mass is 268 g/mol. The van der Waals surface area contributed by atoms with Crippen molar-refractivity contribution in [2.75, 3.05) is 6.61 Å². The summed E-state index contributed by atoms with van der Waals surface area (Å²) in [6.07, 6.45) is 0.681. The Bertz CT molecular complexity index is 449. The molecule has 0 N–H and O–H groups in total. The lowest BCUT2D eigenvalue weighted by molar-refractivity contribution is 0.0507. The van der Waals surface area contributed by atoms with Gasteiger partial charge in [-0.05, 0) is 17.9 Å². The maximum Gasteiger partial charge on any atom is 0.349 e. The molecule has 0 aliphatic carbocycles. The summed E-state index contributed by atoms with van der Waals surface area (Å²) in [5, 5.41) is 1.48. The van der Waals surface area contributed by atoms with Crippen LogP contribution in [-0.4, -0.2) is 21.0 Å². The molecular weight excluding hydrogens is 260 g/mol. The van der Waals surface area contributed by atoms with Gasteiger partial charge in [0, 0.05) is 10.7 Å². The van der Waals surface area contributed by atoms with Gasteiger partial charge in [0.15, 0.2) is 0 Å². The molecule has 0 saturated carbocycles. The van der Waals surface area contributed by atoms with Crippen LogP contribution in [0.1, 0.15) is 23.0 Å². The van der Waals surface area contributed by atoms with E-state index < -0.39 is 15.0 Å². The van der Waals surface area contributed by atoms with E-state index in [1.165, 1.54) is 11.4 Å². The molecule has 1 aromatic rings. The molecule has 7 heteroatoms. The zero-order valence-corrected chi connectivity index (χ0v) is 10.3. The first kappa shape index (κ1) is 12.5. The van der Waals surface area contributed by atoms with Gasteiger partial charge in [-0.25, -0.2) is 13.2 Å². The Labute approximate surface area is 96.2 Å². The molecule has 0 fully saturated rings. The van der Waals surface area contributed by atoms with Crippen LogP contribution in [0.4, 0.5) is 0 Å². The van der Waals surface area contributed by atoms with Gasteiger partial charge in [0.05, 0.1) is 6.61 Å². The largest absolute Gasteiger partial charge is 0.461 e. The fraction of sp³-hybridized carbons (Fsp3) is 0.375. The maximum absolute atomic E-state index is 11.4. The molecule has 0 amide bonds. The molecule has 0 aliphatic rings. The molecule has 1 heterocycles. The first-order valence-corrected chi connectivity index (χ1v) is 7.35. The van der Waals surface area contributed by atoms with Crippen molar-refractivity contribution in [3.05, 3.63) is 16.3 Å². The van der Waals surface area contributed by atoms with E-state index >= 15 is 0 Å². The van der Waals surface area contributed by atoms with Crippen molar-refractivity contribution in [1.82, 2.24) is 0 Å². The van der Waals surface area contributed by atoms with Gasteiger partial charge in [0.1, 0.15) is 9.77 Å². The third kappa shape index (κ3) is 3.19. The molecule has 1 aromatic heterocycles. The van der Waals surface area contributed by atoms with E-state index in [4.69, 9.17) is 15.4 Å². The number of ether oxygens (including phenoxy) is 1. The summed E-state index contributed by atoms with van der Waals surface area (Å²) in [5.74, 6) is -0.647. The van der Waals surface area contributed by atoms with Crippen LogP contribution in [0.25, 0.3) is 0 Å². The third-order valence-corrected chi connectivity index (χ3v) is 3.90. The SMILES string of the molecule is CCCOC(=O)c1sccc1S(=O)(=O)Cl. The lowest BCUT2D eigenvalue weighted by atomic mass is 10.4. The second kappa shape index (κ2) is 4.96. The predicted octanol–water partition coefficient (Wildman–Crippen LogP) is 2.24. The van der Waals surface area contributed by atoms with Crippen molar-refractivity contribution < 1.29 is 17.9 Å². The zero-order valence-electron chi connectivity index (χ0n) is 7.90. The summed E-state index contributed by atoms with van der Waals surface area (Å²) >= 11 is 0.997. The Hall–Kier alpha value is -0.590. The topological polar surface area (TPSA) is 60.4 Å². The molecule has 84 valence electrons. The number of rotatable bonds is 4. The number of carbonyl (C=O) groups is 1. The van der Waals surface area contributed by atoms with Crippen molar-refractivity contribution >= 4 is 37.0 Å². The highest BCUT2D eigenvalue weighted by molar-refractivity contribution is 8.13. The van der Waals surface area contributed by atoms with Gasteiger partial charge in [-0.1, -0.05) is 6.92 Å². The van der Waals surface area contributed by atoms with E-state index in [0.717, 1.165) is 11.3 Å². The van der Waals surface area contributed by atoms with Gasteiger partial charge in [-0.15, -0.1) is 11.3 Å². The number of hydrogen-bond acceptors (Lipinski definition) is 5. The van der Waals surface area contributed by atoms with E-state index in [2.05, 4.69) is 0 Å². The number of esters is 1. The van der Waals surface area contributed by atoms with E-state index in [1.807, 2.05) is 6.92 Å². The standard InChI is InChI=1S/C8H9ClO4S2/c1-2-4-13-8(10)7-6(3-5-14-7)15(9,11)12/h3,5H,2,4H2,1H3. The van der Waals surface area contributed by atoms with Crippen LogP contribution in [0.2, 0.25) is 0 Å². The Kier molecular flexibility index (Phi) is 4.12. The average Bonchev–Trinajstić information content (AvgIpc) is 2.61. The van der Waals surface area contributed by atoms with Crippen LogP contribution in [0.15, 0.2) is 16.3 Å². The molecule has 0 aliphatic heterocycles. The second-order valence-electron chi connectivity index (χ2n) is 2.69. The van der Waals surface area contributed by atoms with Gasteiger partial charge < -0.3 is 4.74 Å². The van der Waals surface area contributed by atoms with Crippen molar-refractivity contribution in [2.45, 2.75) is 18.2 Å². The summed E-state index contributed by atoms with van der Waals surface area (Å²) in [6.45, 7) is 2.11. The highest BCUT2D eigenvalue weighted by Gasteiger charge is 2.22. The first-order chi connectivity index (χ1) is 6.96. The molecule has 4 nitrogen and oxygen atoms in total. The summed E-state index contributed by atoms with van der Waals surface area (Å²) in [5.41, 5.74) is 0. The summed E-state index contributed by atoms with van der Waals surface area (Å²) in [6, 6.07) is 1.29. The number of hydrogen-bond donors (Lipinski definition) is 0. The molecule has 15 heavy (non-hydrogen) atoms. The van der Waals surface area contributed by atoms with Crippen molar-refractivity contribution in [1.29, 1.82) is 0 Å². The maximum atomic E-state index is 11.4.